The summed E-state index contributed by atoms with van der Waals surface area (Å²) in [5, 5.41) is 9.11. The number of hydrogen-bond donors (Lipinski definition) is 2. The number of rotatable bonds is 6. The predicted octanol–water partition coefficient (Wildman–Crippen LogP) is 1.78. The molecule has 0 aliphatic heterocycles. The summed E-state index contributed by atoms with van der Waals surface area (Å²) < 4.78 is 30.8. The van der Waals surface area contributed by atoms with Crippen molar-refractivity contribution in [3.05, 3.63) is 36.3 Å². The second-order valence-corrected chi connectivity index (χ2v) is 4.31. The van der Waals surface area contributed by atoms with E-state index in [1.165, 1.54) is 12.3 Å². The Morgan fingerprint density at radius 2 is 2.23 bits per heavy atom. The van der Waals surface area contributed by atoms with Crippen LogP contribution in [0.25, 0.3) is 0 Å². The highest BCUT2D eigenvalue weighted by atomic mass is 19.3. The van der Waals surface area contributed by atoms with E-state index in [1.807, 2.05) is 0 Å². The molecular weight excluding hydrogens is 296 g/mol. The van der Waals surface area contributed by atoms with Crippen molar-refractivity contribution in [1.29, 1.82) is 0 Å². The molecule has 0 fully saturated rings. The first-order valence-corrected chi connectivity index (χ1v) is 6.44. The maximum absolute atomic E-state index is 12.2. The molecule has 0 aliphatic rings. The summed E-state index contributed by atoms with van der Waals surface area (Å²) in [5.74, 6) is -0.0570. The summed E-state index contributed by atoms with van der Waals surface area (Å²) in [7, 11) is 1.76. The van der Waals surface area contributed by atoms with E-state index < -0.39 is 19.1 Å². The van der Waals surface area contributed by atoms with Gasteiger partial charge in [-0.3, -0.25) is 4.68 Å². The molecule has 0 radical (unpaired) electrons. The minimum atomic E-state index is -2.62. The van der Waals surface area contributed by atoms with E-state index in [4.69, 9.17) is 4.74 Å². The standard InChI is InChI=1S/C13H15F2N5O2/c1-20-9(4-6-18-20)7-17-13(21)19-10-3-2-5-16-12(10)22-8-11(14)15/h2-6,11H,7-8H2,1H3,(H2,17,19,21). The van der Waals surface area contributed by atoms with Gasteiger partial charge in [0, 0.05) is 19.4 Å². The van der Waals surface area contributed by atoms with Crippen molar-refractivity contribution in [2.45, 2.75) is 13.0 Å². The third-order valence-electron chi connectivity index (χ3n) is 2.72. The third kappa shape index (κ3) is 4.40. The van der Waals surface area contributed by atoms with Crippen molar-refractivity contribution in [2.75, 3.05) is 11.9 Å². The van der Waals surface area contributed by atoms with E-state index in [0.29, 0.717) is 0 Å². The van der Waals surface area contributed by atoms with Crippen molar-refractivity contribution in [2.24, 2.45) is 7.05 Å². The zero-order valence-corrected chi connectivity index (χ0v) is 11.8. The summed E-state index contributed by atoms with van der Waals surface area (Å²) in [6.07, 6.45) is 0.389. The van der Waals surface area contributed by atoms with Crippen LogP contribution >= 0.6 is 0 Å². The number of nitrogens with zero attached hydrogens (tertiary/aromatic N) is 3. The van der Waals surface area contributed by atoms with Crippen molar-refractivity contribution >= 4 is 11.7 Å². The lowest BCUT2D eigenvalue weighted by Crippen LogP contribution is -2.29. The molecule has 0 saturated carbocycles. The van der Waals surface area contributed by atoms with Gasteiger partial charge in [0.05, 0.1) is 12.2 Å². The highest BCUT2D eigenvalue weighted by molar-refractivity contribution is 5.90. The molecule has 0 unspecified atom stereocenters. The fourth-order valence-electron chi connectivity index (χ4n) is 1.65. The second-order valence-electron chi connectivity index (χ2n) is 4.31. The quantitative estimate of drug-likeness (QED) is 0.852. The molecule has 2 N–H and O–H groups in total. The topological polar surface area (TPSA) is 81.1 Å². The van der Waals surface area contributed by atoms with Crippen molar-refractivity contribution < 1.29 is 18.3 Å². The Labute approximate surface area is 125 Å². The zero-order chi connectivity index (χ0) is 15.9. The van der Waals surface area contributed by atoms with Crippen LogP contribution in [0.2, 0.25) is 0 Å². The van der Waals surface area contributed by atoms with Crippen molar-refractivity contribution in [3.63, 3.8) is 0 Å². The molecule has 2 aromatic rings. The van der Waals surface area contributed by atoms with E-state index in [0.717, 1.165) is 5.69 Å². The summed E-state index contributed by atoms with van der Waals surface area (Å²) >= 11 is 0. The van der Waals surface area contributed by atoms with Crippen LogP contribution in [-0.2, 0) is 13.6 Å². The second kappa shape index (κ2) is 7.34. The fourth-order valence-corrected chi connectivity index (χ4v) is 1.65. The van der Waals surface area contributed by atoms with Gasteiger partial charge < -0.3 is 15.4 Å². The molecule has 0 atom stereocenters. The maximum atomic E-state index is 12.2. The number of hydrogen-bond acceptors (Lipinski definition) is 4. The van der Waals surface area contributed by atoms with Crippen molar-refractivity contribution in [1.82, 2.24) is 20.1 Å². The fraction of sp³-hybridized carbons (Fsp3) is 0.308. The molecule has 22 heavy (non-hydrogen) atoms. The first kappa shape index (κ1) is 15.7. The molecule has 2 amide bonds. The number of halogens is 2. The number of amides is 2. The monoisotopic (exact) mass is 311 g/mol. The number of urea groups is 1. The van der Waals surface area contributed by atoms with Gasteiger partial charge in [0.2, 0.25) is 5.88 Å². The van der Waals surface area contributed by atoms with Gasteiger partial charge in [-0.05, 0) is 18.2 Å². The van der Waals surface area contributed by atoms with Gasteiger partial charge in [0.15, 0.2) is 6.61 Å². The van der Waals surface area contributed by atoms with Crippen LogP contribution in [0.3, 0.4) is 0 Å². The summed E-state index contributed by atoms with van der Waals surface area (Å²) in [4.78, 5) is 15.6. The van der Waals surface area contributed by atoms with Gasteiger partial charge >= 0.3 is 6.03 Å². The summed E-state index contributed by atoms with van der Waals surface area (Å²) in [6.45, 7) is -0.516. The van der Waals surface area contributed by atoms with E-state index in [2.05, 4.69) is 20.7 Å². The van der Waals surface area contributed by atoms with Crippen LogP contribution in [0.4, 0.5) is 19.3 Å². The van der Waals surface area contributed by atoms with Gasteiger partial charge in [-0.2, -0.15) is 5.10 Å². The number of carbonyl (C=O) groups excluding carboxylic acids is 1. The number of carbonyl (C=O) groups is 1. The Hall–Kier alpha value is -2.71. The van der Waals surface area contributed by atoms with Gasteiger partial charge in [-0.1, -0.05) is 0 Å². The molecule has 0 aromatic carbocycles. The number of ether oxygens (including phenoxy) is 1. The van der Waals surface area contributed by atoms with Gasteiger partial charge in [0.25, 0.3) is 6.43 Å². The van der Waals surface area contributed by atoms with Crippen molar-refractivity contribution in [3.8, 4) is 5.88 Å². The van der Waals surface area contributed by atoms with E-state index in [-0.39, 0.29) is 18.1 Å². The Bertz CT molecular complexity index is 632. The van der Waals surface area contributed by atoms with Crippen LogP contribution in [0.1, 0.15) is 5.69 Å². The van der Waals surface area contributed by atoms with Gasteiger partial charge in [0.1, 0.15) is 5.69 Å². The van der Waals surface area contributed by atoms with E-state index in [9.17, 15) is 13.6 Å². The summed E-state index contributed by atoms with van der Waals surface area (Å²) in [5.41, 5.74) is 1.03. The first-order valence-electron chi connectivity index (χ1n) is 6.44. The zero-order valence-electron chi connectivity index (χ0n) is 11.8. The largest absolute Gasteiger partial charge is 0.470 e. The molecule has 0 aliphatic carbocycles. The molecule has 9 heteroatoms. The molecule has 118 valence electrons. The summed E-state index contributed by atoms with van der Waals surface area (Å²) in [6, 6.07) is 4.33. The Morgan fingerprint density at radius 3 is 2.91 bits per heavy atom. The molecule has 2 rings (SSSR count). The molecular formula is C13H15F2N5O2. The Kier molecular flexibility index (Phi) is 5.23. The normalized spacial score (nSPS) is 10.5. The Morgan fingerprint density at radius 1 is 1.41 bits per heavy atom. The molecule has 2 aromatic heterocycles. The predicted molar refractivity (Wildman–Crippen MR) is 74.8 cm³/mol. The molecule has 0 bridgehead atoms. The number of pyridine rings is 1. The van der Waals surface area contributed by atoms with E-state index >= 15 is 0 Å². The Balaban J connectivity index is 1.92. The molecule has 7 nitrogen and oxygen atoms in total. The first-order chi connectivity index (χ1) is 10.6. The van der Waals surface area contributed by atoms with Crippen LogP contribution in [0.15, 0.2) is 30.6 Å². The maximum Gasteiger partial charge on any atom is 0.319 e. The average Bonchev–Trinajstić information content (AvgIpc) is 2.89. The van der Waals surface area contributed by atoms with Crippen LogP contribution in [0.5, 0.6) is 5.88 Å². The molecule has 0 spiro atoms. The number of anilines is 1. The number of aromatic nitrogens is 3. The highest BCUT2D eigenvalue weighted by Crippen LogP contribution is 2.20. The molecule has 2 heterocycles. The number of alkyl halides is 2. The van der Waals surface area contributed by atoms with E-state index in [1.54, 1.807) is 30.1 Å². The highest BCUT2D eigenvalue weighted by Gasteiger charge is 2.11. The minimum absolute atomic E-state index is 0.0570. The minimum Gasteiger partial charge on any atom is -0.470 e. The van der Waals surface area contributed by atoms with Crippen LogP contribution < -0.4 is 15.4 Å². The van der Waals surface area contributed by atoms with Crippen LogP contribution in [0, 0.1) is 0 Å². The third-order valence-corrected chi connectivity index (χ3v) is 2.72. The number of nitrogens with one attached hydrogen (secondary N) is 2. The lowest BCUT2D eigenvalue weighted by molar-refractivity contribution is 0.0800. The smallest absolute Gasteiger partial charge is 0.319 e. The van der Waals surface area contributed by atoms with Gasteiger partial charge in [-0.25, -0.2) is 18.6 Å². The lowest BCUT2D eigenvalue weighted by atomic mass is 10.4. The molecule has 0 saturated heterocycles. The number of aryl methyl sites for hydroxylation is 1. The van der Waals surface area contributed by atoms with Crippen LogP contribution in [-0.4, -0.2) is 33.8 Å². The van der Waals surface area contributed by atoms with Gasteiger partial charge in [-0.15, -0.1) is 0 Å². The average molecular weight is 311 g/mol. The SMILES string of the molecule is Cn1nccc1CNC(=O)Nc1cccnc1OCC(F)F. The lowest BCUT2D eigenvalue weighted by Gasteiger charge is -2.11.